The number of rotatable bonds is 3. The van der Waals surface area contributed by atoms with E-state index in [-0.39, 0.29) is 11.6 Å². The number of carboxylic acid groups (broad SMARTS) is 1. The number of fused-ring (bicyclic) bond motifs is 1. The number of aromatic nitrogens is 2. The van der Waals surface area contributed by atoms with Crippen molar-refractivity contribution < 1.29 is 14.6 Å². The van der Waals surface area contributed by atoms with Crippen molar-refractivity contribution in [2.75, 3.05) is 0 Å². The molecular formula is C16H12N2O3. The van der Waals surface area contributed by atoms with E-state index >= 15 is 0 Å². The van der Waals surface area contributed by atoms with Crippen LogP contribution < -0.4 is 4.74 Å². The summed E-state index contributed by atoms with van der Waals surface area (Å²) in [6, 6.07) is 12.5. The number of carboxylic acids is 1. The smallest absolute Gasteiger partial charge is 0.335 e. The normalized spacial score (nSPS) is 10.5. The van der Waals surface area contributed by atoms with Crippen molar-refractivity contribution >= 4 is 16.9 Å². The Kier molecular flexibility index (Phi) is 3.23. The first-order valence-electron chi connectivity index (χ1n) is 6.37. The predicted molar refractivity (Wildman–Crippen MR) is 77.8 cm³/mol. The summed E-state index contributed by atoms with van der Waals surface area (Å²) in [5, 5.41) is 9.88. The average Bonchev–Trinajstić information content (AvgIpc) is 2.49. The minimum absolute atomic E-state index is 0.222. The predicted octanol–water partition coefficient (Wildman–Crippen LogP) is 3.43. The lowest BCUT2D eigenvalue weighted by molar-refractivity contribution is 0.0697. The molecule has 1 aromatic heterocycles. The number of carbonyl (C=O) groups is 1. The number of ether oxygens (including phenoxy) is 1. The molecule has 0 radical (unpaired) electrons. The highest BCUT2D eigenvalue weighted by molar-refractivity contribution is 5.88. The maximum absolute atomic E-state index is 10.9. The fraction of sp³-hybridized carbons (Fsp3) is 0.0625. The average molecular weight is 280 g/mol. The Labute approximate surface area is 120 Å². The van der Waals surface area contributed by atoms with Crippen LogP contribution in [-0.2, 0) is 0 Å². The summed E-state index contributed by atoms with van der Waals surface area (Å²) < 4.78 is 5.64. The van der Waals surface area contributed by atoms with Gasteiger partial charge < -0.3 is 9.84 Å². The number of aryl methyl sites for hydroxylation is 1. The number of para-hydroxylation sites is 1. The van der Waals surface area contributed by atoms with Gasteiger partial charge in [-0.25, -0.2) is 9.78 Å². The van der Waals surface area contributed by atoms with Crippen molar-refractivity contribution in [2.45, 2.75) is 6.92 Å². The van der Waals surface area contributed by atoms with Crippen molar-refractivity contribution in [3.63, 3.8) is 0 Å². The van der Waals surface area contributed by atoms with E-state index in [2.05, 4.69) is 9.97 Å². The first kappa shape index (κ1) is 13.1. The number of nitrogens with zero attached hydrogens (tertiary/aromatic N) is 2. The molecule has 5 heteroatoms. The summed E-state index contributed by atoms with van der Waals surface area (Å²) >= 11 is 0. The van der Waals surface area contributed by atoms with Crippen LogP contribution in [0.15, 0.2) is 48.7 Å². The van der Waals surface area contributed by atoms with Crippen molar-refractivity contribution in [2.24, 2.45) is 0 Å². The minimum atomic E-state index is -0.966. The van der Waals surface area contributed by atoms with E-state index in [1.165, 1.54) is 6.07 Å². The van der Waals surface area contributed by atoms with E-state index < -0.39 is 5.97 Å². The Morgan fingerprint density at radius 2 is 2.00 bits per heavy atom. The van der Waals surface area contributed by atoms with E-state index in [1.54, 1.807) is 25.3 Å². The zero-order chi connectivity index (χ0) is 14.8. The zero-order valence-electron chi connectivity index (χ0n) is 11.3. The van der Waals surface area contributed by atoms with Gasteiger partial charge in [-0.2, -0.15) is 4.98 Å². The maximum atomic E-state index is 10.9. The SMILES string of the molecule is Cc1cc(C(=O)O)ccc1Oc1ncc2ccccc2n1. The van der Waals surface area contributed by atoms with Gasteiger partial charge in [0.2, 0.25) is 0 Å². The highest BCUT2D eigenvalue weighted by Crippen LogP contribution is 2.24. The van der Waals surface area contributed by atoms with Gasteiger partial charge in [0.25, 0.3) is 0 Å². The summed E-state index contributed by atoms with van der Waals surface area (Å²) in [6.07, 6.45) is 1.69. The van der Waals surface area contributed by atoms with Gasteiger partial charge in [-0.15, -0.1) is 0 Å². The second-order valence-corrected chi connectivity index (χ2v) is 4.60. The lowest BCUT2D eigenvalue weighted by atomic mass is 10.1. The molecule has 0 amide bonds. The van der Waals surface area contributed by atoms with E-state index in [4.69, 9.17) is 9.84 Å². The monoisotopic (exact) mass is 280 g/mol. The third kappa shape index (κ3) is 2.67. The highest BCUT2D eigenvalue weighted by atomic mass is 16.5. The van der Waals surface area contributed by atoms with E-state index in [0.717, 1.165) is 10.9 Å². The van der Waals surface area contributed by atoms with Gasteiger partial charge in [-0.1, -0.05) is 18.2 Å². The molecule has 0 unspecified atom stereocenters. The van der Waals surface area contributed by atoms with Crippen molar-refractivity contribution in [1.29, 1.82) is 0 Å². The van der Waals surface area contributed by atoms with Crippen molar-refractivity contribution in [1.82, 2.24) is 9.97 Å². The second-order valence-electron chi connectivity index (χ2n) is 4.60. The van der Waals surface area contributed by atoms with Crippen LogP contribution in [0.25, 0.3) is 10.9 Å². The van der Waals surface area contributed by atoms with Crippen LogP contribution in [0.4, 0.5) is 0 Å². The summed E-state index contributed by atoms with van der Waals surface area (Å²) in [7, 11) is 0. The van der Waals surface area contributed by atoms with E-state index in [0.29, 0.717) is 11.3 Å². The van der Waals surface area contributed by atoms with Crippen molar-refractivity contribution in [3.05, 3.63) is 59.8 Å². The molecule has 2 aromatic carbocycles. The Morgan fingerprint density at radius 3 is 2.76 bits per heavy atom. The molecular weight excluding hydrogens is 268 g/mol. The third-order valence-electron chi connectivity index (χ3n) is 3.09. The molecule has 3 rings (SSSR count). The van der Waals surface area contributed by atoms with Gasteiger partial charge in [-0.05, 0) is 36.8 Å². The van der Waals surface area contributed by atoms with Crippen LogP contribution in [0.1, 0.15) is 15.9 Å². The Bertz CT molecular complexity index is 831. The van der Waals surface area contributed by atoms with Gasteiger partial charge in [-0.3, -0.25) is 0 Å². The molecule has 0 aliphatic heterocycles. The number of aromatic carboxylic acids is 1. The maximum Gasteiger partial charge on any atom is 0.335 e. The lowest BCUT2D eigenvalue weighted by Gasteiger charge is -2.08. The molecule has 5 nitrogen and oxygen atoms in total. The van der Waals surface area contributed by atoms with Crippen LogP contribution >= 0.6 is 0 Å². The molecule has 0 saturated carbocycles. The molecule has 0 aliphatic carbocycles. The van der Waals surface area contributed by atoms with E-state index in [9.17, 15) is 4.79 Å². The summed E-state index contributed by atoms with van der Waals surface area (Å²) in [5.74, 6) is -0.429. The zero-order valence-corrected chi connectivity index (χ0v) is 11.3. The van der Waals surface area contributed by atoms with Gasteiger partial charge in [0.05, 0.1) is 11.1 Å². The Morgan fingerprint density at radius 1 is 1.19 bits per heavy atom. The highest BCUT2D eigenvalue weighted by Gasteiger charge is 2.09. The molecule has 104 valence electrons. The lowest BCUT2D eigenvalue weighted by Crippen LogP contribution is -1.98. The first-order valence-corrected chi connectivity index (χ1v) is 6.37. The number of benzene rings is 2. The molecule has 0 saturated heterocycles. The summed E-state index contributed by atoms with van der Waals surface area (Å²) in [4.78, 5) is 19.4. The molecule has 0 aliphatic rings. The molecule has 21 heavy (non-hydrogen) atoms. The fourth-order valence-electron chi connectivity index (χ4n) is 2.00. The van der Waals surface area contributed by atoms with Crippen molar-refractivity contribution in [3.8, 4) is 11.8 Å². The first-order chi connectivity index (χ1) is 10.1. The van der Waals surface area contributed by atoms with Crippen LogP contribution in [-0.4, -0.2) is 21.0 Å². The molecule has 0 bridgehead atoms. The second kappa shape index (κ2) is 5.20. The van der Waals surface area contributed by atoms with Crippen LogP contribution in [0.5, 0.6) is 11.8 Å². The molecule has 1 N–H and O–H groups in total. The Balaban J connectivity index is 1.93. The molecule has 3 aromatic rings. The summed E-state index contributed by atoms with van der Waals surface area (Å²) in [5.41, 5.74) is 1.73. The van der Waals surface area contributed by atoms with E-state index in [1.807, 2.05) is 24.3 Å². The van der Waals surface area contributed by atoms with Gasteiger partial charge in [0.1, 0.15) is 5.75 Å². The quantitative estimate of drug-likeness (QED) is 0.795. The topological polar surface area (TPSA) is 72.3 Å². The molecule has 1 heterocycles. The number of hydrogen-bond donors (Lipinski definition) is 1. The third-order valence-corrected chi connectivity index (χ3v) is 3.09. The van der Waals surface area contributed by atoms with Crippen LogP contribution in [0.2, 0.25) is 0 Å². The fourth-order valence-corrected chi connectivity index (χ4v) is 2.00. The molecule has 0 atom stereocenters. The standard InChI is InChI=1S/C16H12N2O3/c1-10-8-11(15(19)20)6-7-14(10)21-16-17-9-12-4-2-3-5-13(12)18-16/h2-9H,1H3,(H,19,20). The summed E-state index contributed by atoms with van der Waals surface area (Å²) in [6.45, 7) is 1.78. The number of hydrogen-bond acceptors (Lipinski definition) is 4. The molecule has 0 fully saturated rings. The molecule has 0 spiro atoms. The largest absolute Gasteiger partial charge is 0.478 e. The Hall–Kier alpha value is -2.95. The van der Waals surface area contributed by atoms with Gasteiger partial charge in [0, 0.05) is 11.6 Å². The van der Waals surface area contributed by atoms with Gasteiger partial charge >= 0.3 is 12.0 Å². The van der Waals surface area contributed by atoms with Crippen LogP contribution in [0, 0.1) is 6.92 Å². The van der Waals surface area contributed by atoms with Crippen LogP contribution in [0.3, 0.4) is 0 Å². The van der Waals surface area contributed by atoms with Gasteiger partial charge in [0.15, 0.2) is 0 Å². The minimum Gasteiger partial charge on any atom is -0.478 e.